The number of rotatable bonds is 3. The second-order valence-electron chi connectivity index (χ2n) is 4.76. The molecule has 1 amide bonds. The predicted octanol–water partition coefficient (Wildman–Crippen LogP) is 1.86. The molecule has 19 heavy (non-hydrogen) atoms. The molecule has 1 aromatic rings. The lowest BCUT2D eigenvalue weighted by atomic mass is 9.89. The van der Waals surface area contributed by atoms with Crippen molar-refractivity contribution in [2.24, 2.45) is 5.92 Å². The van der Waals surface area contributed by atoms with E-state index in [0.717, 1.165) is 0 Å². The van der Waals surface area contributed by atoms with Crippen LogP contribution in [0.1, 0.15) is 24.8 Å². The molecule has 1 aromatic carbocycles. The van der Waals surface area contributed by atoms with E-state index in [1.54, 1.807) is 24.0 Å². The monoisotopic (exact) mass is 265 g/mol. The Morgan fingerprint density at radius 3 is 2.74 bits per heavy atom. The Bertz CT molecular complexity index is 503. The average molecular weight is 265 g/mol. The second kappa shape index (κ2) is 5.38. The molecule has 4 nitrogen and oxygen atoms in total. The van der Waals surface area contributed by atoms with Crippen molar-refractivity contribution in [3.8, 4) is 0 Å². The van der Waals surface area contributed by atoms with E-state index in [-0.39, 0.29) is 24.2 Å². The second-order valence-corrected chi connectivity index (χ2v) is 4.76. The molecule has 5 heteroatoms. The largest absolute Gasteiger partial charge is 0.481 e. The summed E-state index contributed by atoms with van der Waals surface area (Å²) >= 11 is 0. The number of halogens is 1. The predicted molar refractivity (Wildman–Crippen MR) is 67.1 cm³/mol. The van der Waals surface area contributed by atoms with E-state index in [1.165, 1.54) is 12.1 Å². The van der Waals surface area contributed by atoms with Crippen LogP contribution in [0.3, 0.4) is 0 Å². The summed E-state index contributed by atoms with van der Waals surface area (Å²) in [6, 6.07) is 5.95. The van der Waals surface area contributed by atoms with Gasteiger partial charge in [-0.1, -0.05) is 19.1 Å². The first kappa shape index (κ1) is 13.5. The minimum absolute atomic E-state index is 0.0647. The Morgan fingerprint density at radius 2 is 2.16 bits per heavy atom. The number of carboxylic acids is 1. The number of amides is 1. The number of carbonyl (C=O) groups excluding carboxylic acids is 1. The summed E-state index contributed by atoms with van der Waals surface area (Å²) < 4.78 is 13.2. The third-order valence-corrected chi connectivity index (χ3v) is 3.57. The van der Waals surface area contributed by atoms with Crippen molar-refractivity contribution in [1.29, 1.82) is 0 Å². The van der Waals surface area contributed by atoms with Crippen molar-refractivity contribution >= 4 is 11.9 Å². The van der Waals surface area contributed by atoms with Gasteiger partial charge >= 0.3 is 5.97 Å². The first-order valence-corrected chi connectivity index (χ1v) is 6.29. The van der Waals surface area contributed by atoms with Crippen LogP contribution in [0.2, 0.25) is 0 Å². The molecule has 0 bridgehead atoms. The highest BCUT2D eigenvalue weighted by atomic mass is 19.1. The van der Waals surface area contributed by atoms with Crippen LogP contribution in [0.4, 0.5) is 4.39 Å². The molecule has 1 aliphatic heterocycles. The van der Waals surface area contributed by atoms with E-state index in [2.05, 4.69) is 0 Å². The summed E-state index contributed by atoms with van der Waals surface area (Å²) in [6.07, 6.45) is 0.349. The number of likely N-dealkylation sites (tertiary alicyclic amines) is 1. The summed E-state index contributed by atoms with van der Waals surface area (Å²) in [5.41, 5.74) is 0.638. The summed E-state index contributed by atoms with van der Waals surface area (Å²) in [6.45, 7) is 2.28. The van der Waals surface area contributed by atoms with Crippen LogP contribution in [0.25, 0.3) is 0 Å². The van der Waals surface area contributed by atoms with Gasteiger partial charge in [-0.05, 0) is 17.7 Å². The summed E-state index contributed by atoms with van der Waals surface area (Å²) in [5.74, 6) is -2.41. The van der Waals surface area contributed by atoms with Gasteiger partial charge in [-0.2, -0.15) is 0 Å². The Kier molecular flexibility index (Phi) is 3.83. The summed E-state index contributed by atoms with van der Waals surface area (Å²) in [5, 5.41) is 9.25. The van der Waals surface area contributed by atoms with Crippen LogP contribution in [0, 0.1) is 11.7 Å². The minimum Gasteiger partial charge on any atom is -0.481 e. The normalized spacial score (nSPS) is 22.5. The van der Waals surface area contributed by atoms with Crippen molar-refractivity contribution < 1.29 is 19.1 Å². The molecule has 0 aliphatic carbocycles. The lowest BCUT2D eigenvalue weighted by Crippen LogP contribution is -2.29. The van der Waals surface area contributed by atoms with E-state index in [9.17, 15) is 19.1 Å². The van der Waals surface area contributed by atoms with Crippen molar-refractivity contribution in [1.82, 2.24) is 4.90 Å². The third-order valence-electron chi connectivity index (χ3n) is 3.57. The van der Waals surface area contributed by atoms with Crippen LogP contribution in [-0.2, 0) is 9.59 Å². The van der Waals surface area contributed by atoms with Gasteiger partial charge in [0.2, 0.25) is 5.91 Å². The zero-order valence-electron chi connectivity index (χ0n) is 10.7. The van der Waals surface area contributed by atoms with Crippen LogP contribution in [0.15, 0.2) is 24.3 Å². The number of aliphatic carboxylic acids is 1. The fraction of sp³-hybridized carbons (Fsp3) is 0.429. The number of carboxylic acid groups (broad SMARTS) is 1. The lowest BCUT2D eigenvalue weighted by Gasteiger charge is -2.15. The molecule has 1 aliphatic rings. The number of nitrogens with zero attached hydrogens (tertiary/aromatic N) is 1. The quantitative estimate of drug-likeness (QED) is 0.907. The molecule has 0 unspecified atom stereocenters. The zero-order chi connectivity index (χ0) is 14.0. The molecule has 1 N–H and O–H groups in total. The topological polar surface area (TPSA) is 57.6 Å². The average Bonchev–Trinajstić information content (AvgIpc) is 2.83. The van der Waals surface area contributed by atoms with E-state index in [1.807, 2.05) is 0 Å². The number of hydrogen-bond acceptors (Lipinski definition) is 2. The maximum absolute atomic E-state index is 13.2. The van der Waals surface area contributed by atoms with Gasteiger partial charge in [-0.3, -0.25) is 9.59 Å². The van der Waals surface area contributed by atoms with Crippen molar-refractivity contribution in [2.45, 2.75) is 19.3 Å². The van der Waals surface area contributed by atoms with Gasteiger partial charge in [0.1, 0.15) is 5.82 Å². The van der Waals surface area contributed by atoms with E-state index in [0.29, 0.717) is 18.5 Å². The summed E-state index contributed by atoms with van der Waals surface area (Å²) in [7, 11) is 0. The maximum atomic E-state index is 13.2. The van der Waals surface area contributed by atoms with E-state index >= 15 is 0 Å². The Hall–Kier alpha value is -1.91. The molecule has 2 rings (SSSR count). The third kappa shape index (κ3) is 2.75. The highest BCUT2D eigenvalue weighted by Gasteiger charge is 2.40. The van der Waals surface area contributed by atoms with Crippen LogP contribution in [0.5, 0.6) is 0 Å². The first-order chi connectivity index (χ1) is 9.02. The SMILES string of the molecule is CCC(=O)N1C[C@@H](C(=O)O)[C@H](c2cccc(F)c2)C1. The highest BCUT2D eigenvalue weighted by Crippen LogP contribution is 2.33. The number of benzene rings is 1. The van der Waals surface area contributed by atoms with Gasteiger partial charge in [-0.25, -0.2) is 4.39 Å². The molecule has 1 saturated heterocycles. The molecule has 102 valence electrons. The van der Waals surface area contributed by atoms with Gasteiger partial charge < -0.3 is 10.0 Å². The van der Waals surface area contributed by atoms with Crippen LogP contribution >= 0.6 is 0 Å². The molecule has 1 fully saturated rings. The van der Waals surface area contributed by atoms with Gasteiger partial charge in [0.25, 0.3) is 0 Å². The number of hydrogen-bond donors (Lipinski definition) is 1. The van der Waals surface area contributed by atoms with Crippen molar-refractivity contribution in [3.63, 3.8) is 0 Å². The van der Waals surface area contributed by atoms with Crippen LogP contribution < -0.4 is 0 Å². The van der Waals surface area contributed by atoms with Gasteiger partial charge in [0, 0.05) is 25.4 Å². The Labute approximate surface area is 110 Å². The standard InChI is InChI=1S/C14H16FNO3/c1-2-13(17)16-7-11(12(8-16)14(18)19)9-4-3-5-10(15)6-9/h3-6,11-12H,2,7-8H2,1H3,(H,18,19)/t11-,12+/m0/s1. The molecule has 0 aromatic heterocycles. The Morgan fingerprint density at radius 1 is 1.42 bits per heavy atom. The smallest absolute Gasteiger partial charge is 0.308 e. The minimum atomic E-state index is -0.944. The molecule has 0 saturated carbocycles. The molecule has 1 heterocycles. The van der Waals surface area contributed by atoms with Gasteiger partial charge in [0.15, 0.2) is 0 Å². The van der Waals surface area contributed by atoms with E-state index < -0.39 is 11.9 Å². The molecule has 0 radical (unpaired) electrons. The molecular formula is C14H16FNO3. The maximum Gasteiger partial charge on any atom is 0.308 e. The molecular weight excluding hydrogens is 249 g/mol. The van der Waals surface area contributed by atoms with E-state index in [4.69, 9.17) is 0 Å². The number of carbonyl (C=O) groups is 2. The zero-order valence-corrected chi connectivity index (χ0v) is 10.7. The Balaban J connectivity index is 2.27. The lowest BCUT2D eigenvalue weighted by molar-refractivity contribution is -0.141. The van der Waals surface area contributed by atoms with Crippen molar-refractivity contribution in [2.75, 3.05) is 13.1 Å². The van der Waals surface area contributed by atoms with Gasteiger partial charge in [0.05, 0.1) is 5.92 Å². The van der Waals surface area contributed by atoms with Crippen LogP contribution in [-0.4, -0.2) is 35.0 Å². The van der Waals surface area contributed by atoms with Gasteiger partial charge in [-0.15, -0.1) is 0 Å². The van der Waals surface area contributed by atoms with Crippen molar-refractivity contribution in [3.05, 3.63) is 35.6 Å². The highest BCUT2D eigenvalue weighted by molar-refractivity contribution is 5.79. The molecule has 2 atom stereocenters. The molecule has 0 spiro atoms. The fourth-order valence-electron chi connectivity index (χ4n) is 2.56. The first-order valence-electron chi connectivity index (χ1n) is 6.29. The fourth-order valence-corrected chi connectivity index (χ4v) is 2.56. The summed E-state index contributed by atoms with van der Waals surface area (Å²) in [4.78, 5) is 24.5.